The van der Waals surface area contributed by atoms with Crippen molar-refractivity contribution in [3.05, 3.63) is 58.9 Å². The van der Waals surface area contributed by atoms with Crippen LogP contribution in [-0.4, -0.2) is 45.9 Å². The van der Waals surface area contributed by atoms with Gasteiger partial charge in [-0.2, -0.15) is 47.9 Å². The van der Waals surface area contributed by atoms with E-state index in [9.17, 15) is 52.3 Å². The van der Waals surface area contributed by atoms with Crippen molar-refractivity contribution >= 4 is 21.5 Å². The van der Waals surface area contributed by atoms with E-state index in [1.165, 1.54) is 19.2 Å². The average Bonchev–Trinajstić information content (AvgIpc) is 3.01. The molecule has 0 N–H and O–H groups in total. The quantitative estimate of drug-likeness (QED) is 0.247. The van der Waals surface area contributed by atoms with Crippen LogP contribution in [0.3, 0.4) is 0 Å². The second-order valence-corrected chi connectivity index (χ2v) is 9.82. The summed E-state index contributed by atoms with van der Waals surface area (Å²) in [5, 5.41) is -7.07. The molecule has 216 valence electrons. The molecule has 0 heterocycles. The minimum Gasteiger partial charge on any atom is -0.497 e. The molecule has 0 saturated heterocycles. The lowest BCUT2D eigenvalue weighted by Crippen LogP contribution is -2.63. The van der Waals surface area contributed by atoms with Crippen molar-refractivity contribution in [1.82, 2.24) is 0 Å². The lowest BCUT2D eigenvalue weighted by atomic mass is 9.98. The third-order valence-electron chi connectivity index (χ3n) is 5.83. The van der Waals surface area contributed by atoms with Gasteiger partial charge in [-0.1, -0.05) is 6.07 Å². The van der Waals surface area contributed by atoms with E-state index in [0.717, 1.165) is 31.4 Å². The highest BCUT2D eigenvalue weighted by Gasteiger charge is 2.86. The number of aryl methyl sites for hydroxylation is 1. The van der Waals surface area contributed by atoms with Gasteiger partial charge in [-0.15, -0.1) is 0 Å². The van der Waals surface area contributed by atoms with Crippen LogP contribution in [0.2, 0.25) is 0 Å². The first kappa shape index (κ1) is 30.4. The Morgan fingerprint density at radius 1 is 0.795 bits per heavy atom. The number of hydrogen-bond donors (Lipinski definition) is 0. The summed E-state index contributed by atoms with van der Waals surface area (Å²) >= 11 is 0. The molecule has 16 heteroatoms. The standard InChI is InChI=1S/C23H18F10O5S/c1-36-14-7-8-16-12(10-14)4-3-5-15(13-6-9-17(24)18(11-13)37-2)19(16)38-39(34,35)23(32,33)21(27,28)20(25,26)22(29,30)31/h6-11H,3-5H2,1-2H3. The number of alkyl halides is 9. The fraction of sp³-hybridized carbons (Fsp3) is 0.391. The van der Waals surface area contributed by atoms with Crippen LogP contribution in [0.5, 0.6) is 11.5 Å². The zero-order valence-electron chi connectivity index (χ0n) is 19.8. The van der Waals surface area contributed by atoms with E-state index in [4.69, 9.17) is 9.47 Å². The summed E-state index contributed by atoms with van der Waals surface area (Å²) < 4.78 is 175. The molecule has 0 aliphatic heterocycles. The molecular formula is C23H18F10O5S. The van der Waals surface area contributed by atoms with Crippen LogP contribution >= 0.6 is 0 Å². The molecule has 0 atom stereocenters. The molecule has 0 spiro atoms. The zero-order chi connectivity index (χ0) is 29.6. The van der Waals surface area contributed by atoms with E-state index >= 15 is 0 Å². The van der Waals surface area contributed by atoms with Crippen molar-refractivity contribution in [3.8, 4) is 11.5 Å². The highest BCUT2D eigenvalue weighted by Crippen LogP contribution is 2.55. The van der Waals surface area contributed by atoms with Gasteiger partial charge >= 0.3 is 33.4 Å². The summed E-state index contributed by atoms with van der Waals surface area (Å²) in [4.78, 5) is 0. The number of rotatable bonds is 8. The summed E-state index contributed by atoms with van der Waals surface area (Å²) in [6.45, 7) is 0. The molecule has 0 bridgehead atoms. The molecule has 0 unspecified atom stereocenters. The van der Waals surface area contributed by atoms with Crippen LogP contribution in [0.25, 0.3) is 11.3 Å². The molecule has 0 saturated carbocycles. The van der Waals surface area contributed by atoms with Crippen molar-refractivity contribution in [2.75, 3.05) is 14.2 Å². The van der Waals surface area contributed by atoms with Gasteiger partial charge in [0.25, 0.3) is 0 Å². The van der Waals surface area contributed by atoms with Gasteiger partial charge in [-0.25, -0.2) is 4.39 Å². The molecule has 5 nitrogen and oxygen atoms in total. The monoisotopic (exact) mass is 596 g/mol. The van der Waals surface area contributed by atoms with E-state index in [-0.39, 0.29) is 47.3 Å². The average molecular weight is 596 g/mol. The first-order chi connectivity index (χ1) is 17.8. The fourth-order valence-corrected chi connectivity index (χ4v) is 4.71. The highest BCUT2D eigenvalue weighted by molar-refractivity contribution is 7.88. The summed E-state index contributed by atoms with van der Waals surface area (Å²) in [6.07, 6.45) is -7.19. The number of methoxy groups -OCH3 is 2. The van der Waals surface area contributed by atoms with Crippen LogP contribution in [0.1, 0.15) is 29.5 Å². The minimum atomic E-state index is -7.48. The lowest BCUT2D eigenvalue weighted by molar-refractivity contribution is -0.382. The Kier molecular flexibility index (Phi) is 7.86. The molecule has 3 rings (SSSR count). The molecule has 1 aliphatic carbocycles. The van der Waals surface area contributed by atoms with Gasteiger partial charge in [-0.05, 0) is 60.7 Å². The SMILES string of the molecule is COc1ccc2c(c1)CCCC(c1ccc(F)c(OC)c1)=C2OS(=O)(=O)C(F)(F)C(F)(F)C(F)(F)C(F)(F)F. The smallest absolute Gasteiger partial charge is 0.460 e. The largest absolute Gasteiger partial charge is 0.497 e. The Bertz CT molecular complexity index is 1380. The normalized spacial score (nSPS) is 15.5. The molecule has 0 aromatic heterocycles. The second kappa shape index (κ2) is 10.1. The van der Waals surface area contributed by atoms with Crippen LogP contribution < -0.4 is 9.47 Å². The third-order valence-corrected chi connectivity index (χ3v) is 7.10. The second-order valence-electron chi connectivity index (χ2n) is 8.23. The van der Waals surface area contributed by atoms with Gasteiger partial charge in [0.1, 0.15) is 5.75 Å². The molecular weight excluding hydrogens is 578 g/mol. The van der Waals surface area contributed by atoms with Crippen LogP contribution in [0.15, 0.2) is 36.4 Å². The van der Waals surface area contributed by atoms with E-state index in [1.807, 2.05) is 0 Å². The van der Waals surface area contributed by atoms with Gasteiger partial charge in [-0.3, -0.25) is 0 Å². The fourth-order valence-electron chi connectivity index (χ4n) is 3.76. The number of fused-ring (bicyclic) bond motifs is 1. The first-order valence-corrected chi connectivity index (χ1v) is 12.1. The Morgan fingerprint density at radius 3 is 2.00 bits per heavy atom. The van der Waals surface area contributed by atoms with Crippen LogP contribution in [0, 0.1) is 5.82 Å². The van der Waals surface area contributed by atoms with E-state index in [0.29, 0.717) is 0 Å². The van der Waals surface area contributed by atoms with Gasteiger partial charge in [0.15, 0.2) is 17.3 Å². The Morgan fingerprint density at radius 2 is 1.44 bits per heavy atom. The van der Waals surface area contributed by atoms with Gasteiger partial charge < -0.3 is 13.7 Å². The molecule has 2 aromatic carbocycles. The molecule has 1 aliphatic rings. The maximum absolute atomic E-state index is 14.5. The third kappa shape index (κ3) is 5.10. The molecule has 0 amide bonds. The Hall–Kier alpha value is -3.17. The van der Waals surface area contributed by atoms with Crippen molar-refractivity contribution in [2.45, 2.75) is 42.5 Å². The number of halogens is 10. The zero-order valence-corrected chi connectivity index (χ0v) is 20.6. The minimum absolute atomic E-state index is 0.0992. The predicted octanol–water partition coefficient (Wildman–Crippen LogP) is 6.82. The van der Waals surface area contributed by atoms with E-state index < -0.39 is 50.7 Å². The van der Waals surface area contributed by atoms with Crippen molar-refractivity contribution in [1.29, 1.82) is 0 Å². The Balaban J connectivity index is 2.28. The van der Waals surface area contributed by atoms with E-state index in [2.05, 4.69) is 4.18 Å². The topological polar surface area (TPSA) is 61.8 Å². The van der Waals surface area contributed by atoms with Crippen LogP contribution in [0.4, 0.5) is 43.9 Å². The Labute approximate surface area is 215 Å². The maximum atomic E-state index is 14.5. The van der Waals surface area contributed by atoms with Crippen molar-refractivity contribution in [3.63, 3.8) is 0 Å². The van der Waals surface area contributed by atoms with Gasteiger partial charge in [0.05, 0.1) is 14.2 Å². The van der Waals surface area contributed by atoms with Crippen molar-refractivity contribution < 1.29 is 66.0 Å². The van der Waals surface area contributed by atoms with Gasteiger partial charge in [0.2, 0.25) is 0 Å². The predicted molar refractivity (Wildman–Crippen MR) is 117 cm³/mol. The number of benzene rings is 2. The number of ether oxygens (including phenoxy) is 2. The summed E-state index contributed by atoms with van der Waals surface area (Å²) in [6, 6.07) is 6.50. The molecule has 0 radical (unpaired) electrons. The number of allylic oxidation sites excluding steroid dienone is 1. The maximum Gasteiger partial charge on any atom is 0.460 e. The lowest BCUT2D eigenvalue weighted by Gasteiger charge is -2.33. The summed E-state index contributed by atoms with van der Waals surface area (Å²) in [5.41, 5.74) is -0.503. The van der Waals surface area contributed by atoms with Crippen molar-refractivity contribution in [2.24, 2.45) is 0 Å². The van der Waals surface area contributed by atoms with Crippen LogP contribution in [-0.2, 0) is 20.7 Å². The van der Waals surface area contributed by atoms with Gasteiger partial charge in [0, 0.05) is 11.1 Å². The summed E-state index contributed by atoms with van der Waals surface area (Å²) in [7, 11) is -4.93. The highest BCUT2D eigenvalue weighted by atomic mass is 32.2. The molecule has 0 fully saturated rings. The first-order valence-electron chi connectivity index (χ1n) is 10.7. The number of hydrogen-bond acceptors (Lipinski definition) is 5. The summed E-state index contributed by atoms with van der Waals surface area (Å²) in [5.74, 6) is -17.1. The molecule has 2 aromatic rings. The van der Waals surface area contributed by atoms with E-state index in [1.54, 1.807) is 0 Å². The molecule has 39 heavy (non-hydrogen) atoms.